The van der Waals surface area contributed by atoms with Crippen molar-refractivity contribution in [2.45, 2.75) is 27.3 Å². The van der Waals surface area contributed by atoms with E-state index in [2.05, 4.69) is 54.2 Å². The first-order valence-corrected chi connectivity index (χ1v) is 7.40. The quantitative estimate of drug-likeness (QED) is 0.763. The van der Waals surface area contributed by atoms with Gasteiger partial charge >= 0.3 is 0 Å². The van der Waals surface area contributed by atoms with E-state index >= 15 is 0 Å². The summed E-state index contributed by atoms with van der Waals surface area (Å²) in [5.41, 5.74) is 6.13. The van der Waals surface area contributed by atoms with Crippen molar-refractivity contribution in [2.75, 3.05) is 5.32 Å². The van der Waals surface area contributed by atoms with Gasteiger partial charge in [-0.25, -0.2) is 0 Å². The Morgan fingerprint density at radius 1 is 1.05 bits per heavy atom. The molecule has 0 aliphatic heterocycles. The Labute approximate surface area is 128 Å². The van der Waals surface area contributed by atoms with Gasteiger partial charge < -0.3 is 5.32 Å². The van der Waals surface area contributed by atoms with E-state index in [1.807, 2.05) is 18.2 Å². The summed E-state index contributed by atoms with van der Waals surface area (Å²) in [4.78, 5) is 0. The van der Waals surface area contributed by atoms with Gasteiger partial charge in [0, 0.05) is 21.7 Å². The van der Waals surface area contributed by atoms with Crippen molar-refractivity contribution in [1.29, 1.82) is 0 Å². The molecule has 2 aromatic carbocycles. The second-order valence-electron chi connectivity index (χ2n) is 4.86. The van der Waals surface area contributed by atoms with Crippen LogP contribution in [0.1, 0.15) is 22.3 Å². The molecular formula is C16H17BrClN. The molecule has 0 spiro atoms. The van der Waals surface area contributed by atoms with Gasteiger partial charge in [0.2, 0.25) is 0 Å². The van der Waals surface area contributed by atoms with Gasteiger partial charge in [-0.15, -0.1) is 0 Å². The molecule has 0 aliphatic carbocycles. The number of hydrogen-bond donors (Lipinski definition) is 1. The third-order valence-electron chi connectivity index (χ3n) is 3.15. The van der Waals surface area contributed by atoms with Gasteiger partial charge in [0.15, 0.2) is 0 Å². The molecule has 0 radical (unpaired) electrons. The summed E-state index contributed by atoms with van der Waals surface area (Å²) in [7, 11) is 0. The SMILES string of the molecule is Cc1cc(C)c(NCc2ccc(Br)cc2Cl)c(C)c1. The zero-order chi connectivity index (χ0) is 14.0. The Morgan fingerprint density at radius 3 is 2.26 bits per heavy atom. The monoisotopic (exact) mass is 337 g/mol. The number of aryl methyl sites for hydroxylation is 3. The van der Waals surface area contributed by atoms with Crippen LogP contribution in [0.2, 0.25) is 5.02 Å². The highest BCUT2D eigenvalue weighted by Crippen LogP contribution is 2.25. The first-order chi connectivity index (χ1) is 8.97. The molecule has 100 valence electrons. The molecule has 0 bridgehead atoms. The number of anilines is 1. The summed E-state index contributed by atoms with van der Waals surface area (Å²) >= 11 is 9.65. The number of hydrogen-bond acceptors (Lipinski definition) is 1. The minimum Gasteiger partial charge on any atom is -0.380 e. The van der Waals surface area contributed by atoms with Crippen LogP contribution in [-0.2, 0) is 6.54 Å². The van der Waals surface area contributed by atoms with Crippen molar-refractivity contribution in [3.63, 3.8) is 0 Å². The predicted molar refractivity (Wildman–Crippen MR) is 87.1 cm³/mol. The molecule has 1 nitrogen and oxygen atoms in total. The lowest BCUT2D eigenvalue weighted by Gasteiger charge is -2.14. The topological polar surface area (TPSA) is 12.0 Å². The summed E-state index contributed by atoms with van der Waals surface area (Å²) in [5, 5.41) is 4.27. The Bertz CT molecular complexity index is 585. The first-order valence-electron chi connectivity index (χ1n) is 6.23. The van der Waals surface area contributed by atoms with Gasteiger partial charge in [0.1, 0.15) is 0 Å². The van der Waals surface area contributed by atoms with Gasteiger partial charge in [-0.2, -0.15) is 0 Å². The molecule has 2 rings (SSSR count). The maximum Gasteiger partial charge on any atom is 0.0467 e. The van der Waals surface area contributed by atoms with Crippen molar-refractivity contribution >= 4 is 33.2 Å². The molecular weight excluding hydrogens is 322 g/mol. The lowest BCUT2D eigenvalue weighted by atomic mass is 10.0. The van der Waals surface area contributed by atoms with Crippen molar-refractivity contribution < 1.29 is 0 Å². The maximum atomic E-state index is 6.23. The molecule has 2 aromatic rings. The minimum absolute atomic E-state index is 0.733. The Morgan fingerprint density at radius 2 is 1.68 bits per heavy atom. The lowest BCUT2D eigenvalue weighted by molar-refractivity contribution is 1.12. The molecule has 19 heavy (non-hydrogen) atoms. The summed E-state index contributed by atoms with van der Waals surface area (Å²) in [6.45, 7) is 7.11. The zero-order valence-electron chi connectivity index (χ0n) is 11.3. The average Bonchev–Trinajstić information content (AvgIpc) is 2.30. The van der Waals surface area contributed by atoms with E-state index in [-0.39, 0.29) is 0 Å². The van der Waals surface area contributed by atoms with Gasteiger partial charge in [-0.05, 0) is 49.6 Å². The van der Waals surface area contributed by atoms with Crippen LogP contribution in [0.25, 0.3) is 0 Å². The van der Waals surface area contributed by atoms with Gasteiger partial charge in [0.25, 0.3) is 0 Å². The van der Waals surface area contributed by atoms with Crippen molar-refractivity contribution in [1.82, 2.24) is 0 Å². The summed E-state index contributed by atoms with van der Waals surface area (Å²) in [6.07, 6.45) is 0. The molecule has 0 unspecified atom stereocenters. The van der Waals surface area contributed by atoms with Gasteiger partial charge in [-0.1, -0.05) is 51.3 Å². The molecule has 0 saturated heterocycles. The van der Waals surface area contributed by atoms with Gasteiger partial charge in [0.05, 0.1) is 0 Å². The lowest BCUT2D eigenvalue weighted by Crippen LogP contribution is -2.03. The second-order valence-corrected chi connectivity index (χ2v) is 6.19. The van der Waals surface area contributed by atoms with Crippen LogP contribution in [0, 0.1) is 20.8 Å². The molecule has 0 atom stereocenters. The fourth-order valence-corrected chi connectivity index (χ4v) is 3.05. The third kappa shape index (κ3) is 3.52. The molecule has 3 heteroatoms. The van der Waals surface area contributed by atoms with Crippen LogP contribution in [0.5, 0.6) is 0 Å². The Hall–Kier alpha value is -0.990. The van der Waals surface area contributed by atoms with E-state index in [0.29, 0.717) is 0 Å². The number of halogens is 2. The van der Waals surface area contributed by atoms with E-state index in [0.717, 1.165) is 21.6 Å². The molecule has 0 amide bonds. The molecule has 0 aliphatic rings. The van der Waals surface area contributed by atoms with Gasteiger partial charge in [-0.3, -0.25) is 0 Å². The number of benzene rings is 2. The highest BCUT2D eigenvalue weighted by Gasteiger charge is 2.05. The molecule has 0 fully saturated rings. The fourth-order valence-electron chi connectivity index (χ4n) is 2.31. The normalized spacial score (nSPS) is 10.6. The summed E-state index contributed by atoms with van der Waals surface area (Å²) < 4.78 is 1.00. The average molecular weight is 339 g/mol. The van der Waals surface area contributed by atoms with E-state index in [4.69, 9.17) is 11.6 Å². The summed E-state index contributed by atoms with van der Waals surface area (Å²) in [6, 6.07) is 10.4. The summed E-state index contributed by atoms with van der Waals surface area (Å²) in [5.74, 6) is 0. The van der Waals surface area contributed by atoms with Crippen LogP contribution in [-0.4, -0.2) is 0 Å². The smallest absolute Gasteiger partial charge is 0.0467 e. The van der Waals surface area contributed by atoms with Crippen LogP contribution in [0.15, 0.2) is 34.8 Å². The molecule has 0 saturated carbocycles. The number of rotatable bonds is 3. The molecule has 1 N–H and O–H groups in total. The van der Waals surface area contributed by atoms with Crippen LogP contribution in [0.3, 0.4) is 0 Å². The maximum absolute atomic E-state index is 6.23. The Balaban J connectivity index is 2.19. The van der Waals surface area contributed by atoms with E-state index in [1.165, 1.54) is 22.4 Å². The molecule has 0 heterocycles. The van der Waals surface area contributed by atoms with Crippen molar-refractivity contribution in [3.05, 3.63) is 62.1 Å². The standard InChI is InChI=1S/C16H17BrClN/c1-10-6-11(2)16(12(3)7-10)19-9-13-4-5-14(17)8-15(13)18/h4-8,19H,9H2,1-3H3. The fraction of sp³-hybridized carbons (Fsp3) is 0.250. The van der Waals surface area contributed by atoms with E-state index in [1.54, 1.807) is 0 Å². The third-order valence-corrected chi connectivity index (χ3v) is 3.99. The van der Waals surface area contributed by atoms with Crippen LogP contribution in [0.4, 0.5) is 5.69 Å². The van der Waals surface area contributed by atoms with Crippen LogP contribution < -0.4 is 5.32 Å². The zero-order valence-corrected chi connectivity index (χ0v) is 13.7. The first kappa shape index (κ1) is 14.4. The predicted octanol–water partition coefficient (Wildman–Crippen LogP) is 5.64. The highest BCUT2D eigenvalue weighted by atomic mass is 79.9. The van der Waals surface area contributed by atoms with Crippen molar-refractivity contribution in [2.24, 2.45) is 0 Å². The largest absolute Gasteiger partial charge is 0.380 e. The second kappa shape index (κ2) is 5.98. The van der Waals surface area contributed by atoms with E-state index < -0.39 is 0 Å². The van der Waals surface area contributed by atoms with E-state index in [9.17, 15) is 0 Å². The minimum atomic E-state index is 0.733. The van der Waals surface area contributed by atoms with Crippen LogP contribution >= 0.6 is 27.5 Å². The van der Waals surface area contributed by atoms with Crippen molar-refractivity contribution in [3.8, 4) is 0 Å². The highest BCUT2D eigenvalue weighted by molar-refractivity contribution is 9.10. The number of nitrogens with one attached hydrogen (secondary N) is 1. The molecule has 0 aromatic heterocycles. The Kier molecular flexibility index (Phi) is 4.54.